The monoisotopic (exact) mass is 278 g/mol. The van der Waals surface area contributed by atoms with E-state index in [4.69, 9.17) is 0 Å². The summed E-state index contributed by atoms with van der Waals surface area (Å²) in [6.07, 6.45) is 4.40. The van der Waals surface area contributed by atoms with Crippen molar-refractivity contribution >= 4 is 29.1 Å². The standard InChI is InChI=1S/C13H14N2O3S/c16-11-6-15(7-12(17)14-11)13(18)10-5-8-3-1-2-4-9(8)19-10/h5H,1-4,6-7H2,(H,14,16,17). The van der Waals surface area contributed by atoms with Gasteiger partial charge in [0.15, 0.2) is 0 Å². The number of carbonyl (C=O) groups is 3. The molecular formula is C13H14N2O3S. The number of hydrogen-bond donors (Lipinski definition) is 1. The van der Waals surface area contributed by atoms with Gasteiger partial charge in [0.05, 0.1) is 4.88 Å². The van der Waals surface area contributed by atoms with Crippen LogP contribution in [0.5, 0.6) is 0 Å². The molecular weight excluding hydrogens is 264 g/mol. The molecule has 0 unspecified atom stereocenters. The number of nitrogens with zero attached hydrogens (tertiary/aromatic N) is 1. The third-order valence-electron chi connectivity index (χ3n) is 3.44. The normalized spacial score (nSPS) is 19.1. The van der Waals surface area contributed by atoms with E-state index < -0.39 is 11.8 Å². The highest BCUT2D eigenvalue weighted by atomic mass is 32.1. The van der Waals surface area contributed by atoms with Crippen LogP contribution in [-0.4, -0.2) is 35.7 Å². The molecule has 0 atom stereocenters. The number of thiophene rings is 1. The molecule has 19 heavy (non-hydrogen) atoms. The third-order valence-corrected chi connectivity index (χ3v) is 4.67. The second kappa shape index (κ2) is 4.77. The van der Waals surface area contributed by atoms with Crippen molar-refractivity contribution in [2.45, 2.75) is 25.7 Å². The van der Waals surface area contributed by atoms with Crippen molar-refractivity contribution in [2.75, 3.05) is 13.1 Å². The predicted octanol–water partition coefficient (Wildman–Crippen LogP) is 0.726. The first kappa shape index (κ1) is 12.3. The summed E-state index contributed by atoms with van der Waals surface area (Å²) >= 11 is 1.51. The quantitative estimate of drug-likeness (QED) is 0.770. The van der Waals surface area contributed by atoms with Crippen LogP contribution >= 0.6 is 11.3 Å². The zero-order chi connectivity index (χ0) is 13.4. The van der Waals surface area contributed by atoms with Gasteiger partial charge in [-0.15, -0.1) is 11.3 Å². The first-order chi connectivity index (χ1) is 9.13. The van der Waals surface area contributed by atoms with Crippen LogP contribution in [-0.2, 0) is 22.4 Å². The van der Waals surface area contributed by atoms with Crippen molar-refractivity contribution in [3.63, 3.8) is 0 Å². The van der Waals surface area contributed by atoms with Crippen molar-refractivity contribution < 1.29 is 14.4 Å². The maximum absolute atomic E-state index is 12.3. The van der Waals surface area contributed by atoms with Gasteiger partial charge in [-0.1, -0.05) is 0 Å². The largest absolute Gasteiger partial charge is 0.319 e. The lowest BCUT2D eigenvalue weighted by Gasteiger charge is -2.24. The minimum absolute atomic E-state index is 0.0346. The van der Waals surface area contributed by atoms with E-state index in [1.807, 2.05) is 6.07 Å². The Balaban J connectivity index is 1.81. The molecule has 0 spiro atoms. The zero-order valence-electron chi connectivity index (χ0n) is 10.4. The maximum atomic E-state index is 12.3. The Kier molecular flexibility index (Phi) is 3.10. The first-order valence-electron chi connectivity index (χ1n) is 6.37. The Hall–Kier alpha value is -1.69. The average molecular weight is 278 g/mol. The van der Waals surface area contributed by atoms with Crippen LogP contribution in [0, 0.1) is 0 Å². The lowest BCUT2D eigenvalue weighted by Crippen LogP contribution is -2.53. The van der Waals surface area contributed by atoms with Crippen LogP contribution in [0.25, 0.3) is 0 Å². The van der Waals surface area contributed by atoms with Gasteiger partial charge in [-0.2, -0.15) is 0 Å². The first-order valence-corrected chi connectivity index (χ1v) is 7.18. The van der Waals surface area contributed by atoms with Crippen molar-refractivity contribution in [1.82, 2.24) is 10.2 Å². The van der Waals surface area contributed by atoms with Gasteiger partial charge in [-0.25, -0.2) is 0 Å². The van der Waals surface area contributed by atoms with Crippen LogP contribution in [0.3, 0.4) is 0 Å². The van der Waals surface area contributed by atoms with Crippen LogP contribution in [0.2, 0.25) is 0 Å². The number of carbonyl (C=O) groups excluding carboxylic acids is 3. The van der Waals surface area contributed by atoms with Crippen LogP contribution in [0.15, 0.2) is 6.07 Å². The van der Waals surface area contributed by atoms with Gasteiger partial charge in [-0.3, -0.25) is 19.7 Å². The number of aryl methyl sites for hydroxylation is 2. The van der Waals surface area contributed by atoms with E-state index in [1.165, 1.54) is 39.5 Å². The summed E-state index contributed by atoms with van der Waals surface area (Å²) in [6, 6.07) is 1.93. The number of rotatable bonds is 1. The average Bonchev–Trinajstić information content (AvgIpc) is 2.80. The van der Waals surface area contributed by atoms with Crippen LogP contribution in [0.1, 0.15) is 33.0 Å². The molecule has 0 bridgehead atoms. The van der Waals surface area contributed by atoms with Gasteiger partial charge in [-0.05, 0) is 37.3 Å². The van der Waals surface area contributed by atoms with Crippen LogP contribution < -0.4 is 5.32 Å². The number of nitrogens with one attached hydrogen (secondary N) is 1. The molecule has 3 rings (SSSR count). The Bertz CT molecular complexity index is 525. The number of imide groups is 1. The van der Waals surface area contributed by atoms with E-state index in [0.29, 0.717) is 4.88 Å². The lowest BCUT2D eigenvalue weighted by atomic mass is 9.99. The SMILES string of the molecule is O=C1CN(C(=O)c2cc3c(s2)CCCC3)CC(=O)N1. The second-order valence-electron chi connectivity index (χ2n) is 4.90. The lowest BCUT2D eigenvalue weighted by molar-refractivity contribution is -0.135. The van der Waals surface area contributed by atoms with Crippen LogP contribution in [0.4, 0.5) is 0 Å². The van der Waals surface area contributed by atoms with Gasteiger partial charge >= 0.3 is 0 Å². The molecule has 2 heterocycles. The predicted molar refractivity (Wildman–Crippen MR) is 70.0 cm³/mol. The third kappa shape index (κ3) is 2.40. The Morgan fingerprint density at radius 3 is 2.53 bits per heavy atom. The van der Waals surface area contributed by atoms with Gasteiger partial charge in [0, 0.05) is 4.88 Å². The fourth-order valence-corrected chi connectivity index (χ4v) is 3.75. The van der Waals surface area contributed by atoms with Crippen molar-refractivity contribution in [3.05, 3.63) is 21.4 Å². The minimum Gasteiger partial charge on any atom is -0.319 e. The van der Waals surface area contributed by atoms with Crippen molar-refractivity contribution in [2.24, 2.45) is 0 Å². The summed E-state index contributed by atoms with van der Waals surface area (Å²) < 4.78 is 0. The summed E-state index contributed by atoms with van der Waals surface area (Å²) in [5.41, 5.74) is 1.26. The van der Waals surface area contributed by atoms with E-state index in [2.05, 4.69) is 5.32 Å². The molecule has 1 aromatic heterocycles. The molecule has 0 radical (unpaired) electrons. The molecule has 1 aliphatic carbocycles. The van der Waals surface area contributed by atoms with Gasteiger partial charge in [0.25, 0.3) is 5.91 Å². The highest BCUT2D eigenvalue weighted by molar-refractivity contribution is 7.14. The summed E-state index contributed by atoms with van der Waals surface area (Å²) in [7, 11) is 0. The summed E-state index contributed by atoms with van der Waals surface area (Å²) in [6.45, 7) is -0.0692. The van der Waals surface area contributed by atoms with E-state index in [-0.39, 0.29) is 19.0 Å². The second-order valence-corrected chi connectivity index (χ2v) is 6.04. The molecule has 6 heteroatoms. The highest BCUT2D eigenvalue weighted by Gasteiger charge is 2.28. The summed E-state index contributed by atoms with van der Waals surface area (Å²) in [5.74, 6) is -1.03. The molecule has 1 fully saturated rings. The molecule has 3 amide bonds. The fourth-order valence-electron chi connectivity index (χ4n) is 2.53. The smallest absolute Gasteiger partial charge is 0.264 e. The molecule has 2 aliphatic rings. The van der Waals surface area contributed by atoms with Crippen molar-refractivity contribution in [1.29, 1.82) is 0 Å². The minimum atomic E-state index is -0.411. The molecule has 1 aliphatic heterocycles. The molecule has 1 saturated heterocycles. The number of piperazine rings is 1. The van der Waals surface area contributed by atoms with Crippen molar-refractivity contribution in [3.8, 4) is 0 Å². The van der Waals surface area contributed by atoms with E-state index in [0.717, 1.165) is 12.8 Å². The fraction of sp³-hybridized carbons (Fsp3) is 0.462. The molecule has 5 nitrogen and oxygen atoms in total. The molecule has 1 aromatic rings. The Morgan fingerprint density at radius 2 is 1.84 bits per heavy atom. The molecule has 1 N–H and O–H groups in total. The number of amides is 3. The van der Waals surface area contributed by atoms with Gasteiger partial charge < -0.3 is 4.90 Å². The van der Waals surface area contributed by atoms with Gasteiger partial charge in [0.2, 0.25) is 11.8 Å². The highest BCUT2D eigenvalue weighted by Crippen LogP contribution is 2.30. The van der Waals surface area contributed by atoms with E-state index in [9.17, 15) is 14.4 Å². The van der Waals surface area contributed by atoms with E-state index >= 15 is 0 Å². The number of hydrogen-bond acceptors (Lipinski definition) is 4. The Labute approximate surface area is 114 Å². The molecule has 0 saturated carbocycles. The summed E-state index contributed by atoms with van der Waals surface area (Å²) in [5, 5.41) is 2.20. The Morgan fingerprint density at radius 1 is 1.16 bits per heavy atom. The van der Waals surface area contributed by atoms with E-state index in [1.54, 1.807) is 0 Å². The zero-order valence-corrected chi connectivity index (χ0v) is 11.2. The number of fused-ring (bicyclic) bond motifs is 1. The topological polar surface area (TPSA) is 66.5 Å². The maximum Gasteiger partial charge on any atom is 0.264 e. The molecule has 0 aromatic carbocycles. The summed E-state index contributed by atoms with van der Waals surface area (Å²) in [4.78, 5) is 38.1. The molecule has 100 valence electrons. The van der Waals surface area contributed by atoms with Gasteiger partial charge in [0.1, 0.15) is 13.1 Å².